The highest BCUT2D eigenvalue weighted by atomic mass is 15.2. The topological polar surface area (TPSA) is 39.1 Å². The molecule has 0 aromatic heterocycles. The van der Waals surface area contributed by atoms with Crippen LogP contribution < -0.4 is 10.2 Å². The highest BCUT2D eigenvalue weighted by molar-refractivity contribution is 5.52. The van der Waals surface area contributed by atoms with Crippen molar-refractivity contribution in [3.63, 3.8) is 0 Å². The lowest BCUT2D eigenvalue weighted by molar-refractivity contribution is 0.369. The van der Waals surface area contributed by atoms with Crippen molar-refractivity contribution in [2.75, 3.05) is 31.1 Å². The van der Waals surface area contributed by atoms with Crippen molar-refractivity contribution in [2.45, 2.75) is 12.8 Å². The SMILES string of the molecule is N#Cc1cccc(N2CCC3(CCNC3)C2)c1. The lowest BCUT2D eigenvalue weighted by Gasteiger charge is -2.24. The molecule has 2 heterocycles. The molecule has 0 amide bonds. The standard InChI is InChI=1S/C14H17N3/c15-9-12-2-1-3-13(8-12)17-7-5-14(11-17)4-6-16-10-14/h1-3,8,16H,4-7,10-11H2. The quantitative estimate of drug-likeness (QED) is 0.794. The molecule has 0 saturated carbocycles. The van der Waals surface area contributed by atoms with E-state index in [9.17, 15) is 0 Å². The Labute approximate surface area is 102 Å². The van der Waals surface area contributed by atoms with Gasteiger partial charge in [0, 0.05) is 30.7 Å². The Hall–Kier alpha value is -1.53. The number of rotatable bonds is 1. The molecule has 1 aromatic carbocycles. The van der Waals surface area contributed by atoms with E-state index in [1.165, 1.54) is 18.5 Å². The van der Waals surface area contributed by atoms with Gasteiger partial charge in [0.05, 0.1) is 11.6 Å². The van der Waals surface area contributed by atoms with E-state index in [1.807, 2.05) is 18.2 Å². The maximum Gasteiger partial charge on any atom is 0.0992 e. The lowest BCUT2D eigenvalue weighted by Crippen LogP contribution is -2.29. The minimum atomic E-state index is 0.489. The van der Waals surface area contributed by atoms with Crippen molar-refractivity contribution in [2.24, 2.45) is 5.41 Å². The molecule has 3 rings (SSSR count). The summed E-state index contributed by atoms with van der Waals surface area (Å²) in [5.41, 5.74) is 2.45. The van der Waals surface area contributed by atoms with Gasteiger partial charge >= 0.3 is 0 Å². The molecule has 3 nitrogen and oxygen atoms in total. The maximum absolute atomic E-state index is 8.93. The van der Waals surface area contributed by atoms with E-state index < -0.39 is 0 Å². The maximum atomic E-state index is 8.93. The Morgan fingerprint density at radius 1 is 1.35 bits per heavy atom. The Morgan fingerprint density at radius 2 is 2.29 bits per heavy atom. The summed E-state index contributed by atoms with van der Waals surface area (Å²) in [6.45, 7) is 4.57. The summed E-state index contributed by atoms with van der Waals surface area (Å²) in [7, 11) is 0. The summed E-state index contributed by atoms with van der Waals surface area (Å²) < 4.78 is 0. The number of nitriles is 1. The third kappa shape index (κ3) is 1.89. The predicted octanol–water partition coefficient (Wildman–Crippen LogP) is 1.75. The second-order valence-electron chi connectivity index (χ2n) is 5.26. The summed E-state index contributed by atoms with van der Waals surface area (Å²) in [6, 6.07) is 10.2. The third-order valence-corrected chi connectivity index (χ3v) is 4.11. The summed E-state index contributed by atoms with van der Waals surface area (Å²) >= 11 is 0. The first-order valence-corrected chi connectivity index (χ1v) is 6.27. The van der Waals surface area contributed by atoms with Crippen LogP contribution in [-0.2, 0) is 0 Å². The van der Waals surface area contributed by atoms with E-state index in [2.05, 4.69) is 22.4 Å². The zero-order valence-electron chi connectivity index (χ0n) is 9.95. The van der Waals surface area contributed by atoms with Gasteiger partial charge in [-0.15, -0.1) is 0 Å². The average molecular weight is 227 g/mol. The van der Waals surface area contributed by atoms with Crippen LogP contribution in [0.25, 0.3) is 0 Å². The number of nitrogens with zero attached hydrogens (tertiary/aromatic N) is 2. The van der Waals surface area contributed by atoms with Crippen LogP contribution in [0.2, 0.25) is 0 Å². The van der Waals surface area contributed by atoms with E-state index in [0.717, 1.165) is 31.7 Å². The van der Waals surface area contributed by atoms with Gasteiger partial charge in [-0.2, -0.15) is 5.26 Å². The predicted molar refractivity (Wildman–Crippen MR) is 67.9 cm³/mol. The molecule has 1 N–H and O–H groups in total. The number of benzene rings is 1. The second-order valence-corrected chi connectivity index (χ2v) is 5.26. The summed E-state index contributed by atoms with van der Waals surface area (Å²) in [6.07, 6.45) is 2.57. The molecule has 1 aromatic rings. The van der Waals surface area contributed by atoms with E-state index in [0.29, 0.717) is 5.41 Å². The molecule has 2 aliphatic rings. The molecule has 17 heavy (non-hydrogen) atoms. The second kappa shape index (κ2) is 4.05. The Kier molecular flexibility index (Phi) is 2.53. The Balaban J connectivity index is 1.80. The summed E-state index contributed by atoms with van der Waals surface area (Å²) in [4.78, 5) is 2.42. The zero-order chi connectivity index (χ0) is 11.7. The van der Waals surface area contributed by atoms with Gasteiger partial charge in [0.15, 0.2) is 0 Å². The molecule has 0 bridgehead atoms. The Morgan fingerprint density at radius 3 is 3.06 bits per heavy atom. The third-order valence-electron chi connectivity index (χ3n) is 4.11. The van der Waals surface area contributed by atoms with Crippen LogP contribution in [0.15, 0.2) is 24.3 Å². The smallest absolute Gasteiger partial charge is 0.0992 e. The minimum absolute atomic E-state index is 0.489. The van der Waals surface area contributed by atoms with Crippen LogP contribution in [0.4, 0.5) is 5.69 Å². The first-order chi connectivity index (χ1) is 8.31. The molecule has 1 spiro atoms. The van der Waals surface area contributed by atoms with Crippen LogP contribution in [0.3, 0.4) is 0 Å². The normalized spacial score (nSPS) is 27.6. The largest absolute Gasteiger partial charge is 0.371 e. The van der Waals surface area contributed by atoms with Crippen molar-refractivity contribution < 1.29 is 0 Å². The fraction of sp³-hybridized carbons (Fsp3) is 0.500. The van der Waals surface area contributed by atoms with Gasteiger partial charge in [-0.25, -0.2) is 0 Å². The molecule has 1 atom stereocenters. The van der Waals surface area contributed by atoms with Crippen molar-refractivity contribution in [1.29, 1.82) is 5.26 Å². The molecule has 1 unspecified atom stereocenters. The molecular formula is C14H17N3. The molecule has 0 aliphatic carbocycles. The number of hydrogen-bond acceptors (Lipinski definition) is 3. The fourth-order valence-electron chi connectivity index (χ4n) is 3.07. The molecule has 2 aliphatic heterocycles. The van der Waals surface area contributed by atoms with Gasteiger partial charge in [0.1, 0.15) is 0 Å². The molecule has 0 radical (unpaired) electrons. The minimum Gasteiger partial charge on any atom is -0.371 e. The van der Waals surface area contributed by atoms with E-state index >= 15 is 0 Å². The van der Waals surface area contributed by atoms with Crippen LogP contribution >= 0.6 is 0 Å². The first-order valence-electron chi connectivity index (χ1n) is 6.27. The fourth-order valence-corrected chi connectivity index (χ4v) is 3.07. The highest BCUT2D eigenvalue weighted by Gasteiger charge is 2.40. The monoisotopic (exact) mass is 227 g/mol. The molecule has 88 valence electrons. The zero-order valence-corrected chi connectivity index (χ0v) is 9.95. The van der Waals surface area contributed by atoms with Gasteiger partial charge in [0.2, 0.25) is 0 Å². The van der Waals surface area contributed by atoms with Crippen LogP contribution in [-0.4, -0.2) is 26.2 Å². The van der Waals surface area contributed by atoms with Crippen molar-refractivity contribution in [3.05, 3.63) is 29.8 Å². The van der Waals surface area contributed by atoms with Crippen molar-refractivity contribution in [3.8, 4) is 6.07 Å². The van der Waals surface area contributed by atoms with Gasteiger partial charge in [0.25, 0.3) is 0 Å². The van der Waals surface area contributed by atoms with Crippen LogP contribution in [0.5, 0.6) is 0 Å². The van der Waals surface area contributed by atoms with Gasteiger partial charge in [-0.1, -0.05) is 6.07 Å². The average Bonchev–Trinajstić information content (AvgIpc) is 3.01. The number of anilines is 1. The summed E-state index contributed by atoms with van der Waals surface area (Å²) in [5.74, 6) is 0. The Bertz CT molecular complexity index is 455. The van der Waals surface area contributed by atoms with Crippen LogP contribution in [0.1, 0.15) is 18.4 Å². The lowest BCUT2D eigenvalue weighted by atomic mass is 9.86. The molecule has 2 fully saturated rings. The first kappa shape index (κ1) is 10.6. The highest BCUT2D eigenvalue weighted by Crippen LogP contribution is 2.38. The van der Waals surface area contributed by atoms with E-state index in [4.69, 9.17) is 5.26 Å². The molecule has 3 heteroatoms. The molecule has 2 saturated heterocycles. The van der Waals surface area contributed by atoms with E-state index in [1.54, 1.807) is 0 Å². The van der Waals surface area contributed by atoms with E-state index in [-0.39, 0.29) is 0 Å². The van der Waals surface area contributed by atoms with Crippen LogP contribution in [0, 0.1) is 16.7 Å². The molecular weight excluding hydrogens is 210 g/mol. The van der Waals surface area contributed by atoms with Gasteiger partial charge in [-0.3, -0.25) is 0 Å². The van der Waals surface area contributed by atoms with Crippen molar-refractivity contribution in [1.82, 2.24) is 5.32 Å². The number of nitrogens with one attached hydrogen (secondary N) is 1. The number of hydrogen-bond donors (Lipinski definition) is 1. The van der Waals surface area contributed by atoms with Crippen molar-refractivity contribution >= 4 is 5.69 Å². The summed E-state index contributed by atoms with van der Waals surface area (Å²) in [5, 5.41) is 12.4. The van der Waals surface area contributed by atoms with Gasteiger partial charge < -0.3 is 10.2 Å². The van der Waals surface area contributed by atoms with Gasteiger partial charge in [-0.05, 0) is 37.6 Å².